The molecule has 0 radical (unpaired) electrons. The van der Waals surface area contributed by atoms with E-state index in [1.165, 1.54) is 6.07 Å². The van der Waals surface area contributed by atoms with E-state index in [1.54, 1.807) is 12.1 Å². The number of nitrogens with zero attached hydrogens (tertiary/aromatic N) is 1. The van der Waals surface area contributed by atoms with Crippen LogP contribution < -0.4 is 0 Å². The minimum atomic E-state index is -1.24. The van der Waals surface area contributed by atoms with Crippen molar-refractivity contribution < 1.29 is 22.7 Å². The highest BCUT2D eigenvalue weighted by Crippen LogP contribution is 2.15. The number of ether oxygens (including phenoxy) is 1. The van der Waals surface area contributed by atoms with Crippen molar-refractivity contribution >= 4 is 6.29 Å². The van der Waals surface area contributed by atoms with Crippen LogP contribution in [0.15, 0.2) is 30.3 Å². The van der Waals surface area contributed by atoms with Gasteiger partial charge in [-0.25, -0.2) is 18.2 Å². The molecule has 0 aliphatic heterocycles. The summed E-state index contributed by atoms with van der Waals surface area (Å²) in [5, 5.41) is 0. The van der Waals surface area contributed by atoms with Crippen molar-refractivity contribution in [2.45, 2.75) is 13.2 Å². The number of carbonyl (C=O) groups is 1. The van der Waals surface area contributed by atoms with Crippen LogP contribution >= 0.6 is 0 Å². The molecule has 2 aromatic rings. The van der Waals surface area contributed by atoms with E-state index in [9.17, 15) is 18.0 Å². The molecule has 0 N–H and O–H groups in total. The van der Waals surface area contributed by atoms with Crippen molar-refractivity contribution in [1.29, 1.82) is 0 Å². The summed E-state index contributed by atoms with van der Waals surface area (Å²) in [4.78, 5) is 14.5. The van der Waals surface area contributed by atoms with Crippen LogP contribution in [0.4, 0.5) is 13.2 Å². The number of hydrogen-bond donors (Lipinski definition) is 0. The first-order chi connectivity index (χ1) is 9.60. The number of halogens is 3. The van der Waals surface area contributed by atoms with Gasteiger partial charge in [-0.3, -0.25) is 4.79 Å². The molecule has 1 aromatic heterocycles. The lowest BCUT2D eigenvalue weighted by atomic mass is 10.2. The normalized spacial score (nSPS) is 10.6. The Kier molecular flexibility index (Phi) is 4.47. The van der Waals surface area contributed by atoms with Crippen molar-refractivity contribution in [1.82, 2.24) is 4.98 Å². The summed E-state index contributed by atoms with van der Waals surface area (Å²) < 4.78 is 44.2. The summed E-state index contributed by atoms with van der Waals surface area (Å²) in [5.74, 6) is -3.25. The highest BCUT2D eigenvalue weighted by molar-refractivity contribution is 5.71. The van der Waals surface area contributed by atoms with Gasteiger partial charge in [-0.1, -0.05) is 6.07 Å². The van der Waals surface area contributed by atoms with E-state index in [0.29, 0.717) is 18.0 Å². The maximum atomic E-state index is 13.3. The van der Waals surface area contributed by atoms with E-state index in [4.69, 9.17) is 4.74 Å². The fourth-order valence-corrected chi connectivity index (χ4v) is 1.58. The number of benzene rings is 1. The van der Waals surface area contributed by atoms with E-state index in [2.05, 4.69) is 4.98 Å². The molecule has 2 rings (SSSR count). The highest BCUT2D eigenvalue weighted by atomic mass is 19.2. The Labute approximate surface area is 113 Å². The van der Waals surface area contributed by atoms with Gasteiger partial charge in [0.2, 0.25) is 0 Å². The molecular formula is C14H10F3NO2. The zero-order chi connectivity index (χ0) is 14.5. The first-order valence-electron chi connectivity index (χ1n) is 5.72. The lowest BCUT2D eigenvalue weighted by Crippen LogP contribution is -2.01. The van der Waals surface area contributed by atoms with Crippen LogP contribution in [-0.4, -0.2) is 11.3 Å². The molecule has 0 amide bonds. The topological polar surface area (TPSA) is 39.2 Å². The van der Waals surface area contributed by atoms with Gasteiger partial charge in [0.15, 0.2) is 17.9 Å². The number of rotatable bonds is 5. The van der Waals surface area contributed by atoms with E-state index >= 15 is 0 Å². The first kappa shape index (κ1) is 14.2. The van der Waals surface area contributed by atoms with Crippen molar-refractivity contribution in [3.63, 3.8) is 0 Å². The van der Waals surface area contributed by atoms with Crippen molar-refractivity contribution in [2.24, 2.45) is 0 Å². The lowest BCUT2D eigenvalue weighted by Gasteiger charge is -2.06. The largest absolute Gasteiger partial charge is 0.370 e. The quantitative estimate of drug-likeness (QED) is 0.624. The Morgan fingerprint density at radius 3 is 2.55 bits per heavy atom. The molecule has 0 atom stereocenters. The molecule has 104 valence electrons. The molecule has 0 saturated carbocycles. The van der Waals surface area contributed by atoms with Crippen LogP contribution in [0.1, 0.15) is 21.7 Å². The molecule has 3 nitrogen and oxygen atoms in total. The summed E-state index contributed by atoms with van der Waals surface area (Å²) in [7, 11) is 0. The van der Waals surface area contributed by atoms with Gasteiger partial charge in [0, 0.05) is 11.6 Å². The van der Waals surface area contributed by atoms with Crippen LogP contribution in [-0.2, 0) is 18.0 Å². The number of hydrogen-bond acceptors (Lipinski definition) is 3. The van der Waals surface area contributed by atoms with Gasteiger partial charge >= 0.3 is 0 Å². The van der Waals surface area contributed by atoms with E-state index in [0.717, 1.165) is 6.07 Å². The third-order valence-corrected chi connectivity index (χ3v) is 2.55. The first-order valence-corrected chi connectivity index (χ1v) is 5.72. The Balaban J connectivity index is 1.99. The van der Waals surface area contributed by atoms with Gasteiger partial charge in [0.05, 0.1) is 18.9 Å². The number of aldehydes is 1. The van der Waals surface area contributed by atoms with Crippen molar-refractivity contribution in [2.75, 3.05) is 0 Å². The van der Waals surface area contributed by atoms with E-state index < -0.39 is 17.5 Å². The SMILES string of the molecule is O=Cc1cccc(COCc2cc(F)c(F)cc2F)n1. The second kappa shape index (κ2) is 6.29. The third kappa shape index (κ3) is 3.42. The zero-order valence-electron chi connectivity index (χ0n) is 10.3. The number of pyridine rings is 1. The molecule has 0 spiro atoms. The summed E-state index contributed by atoms with van der Waals surface area (Å²) in [6.45, 7) is -0.198. The van der Waals surface area contributed by atoms with Gasteiger partial charge < -0.3 is 4.74 Å². The maximum absolute atomic E-state index is 13.3. The van der Waals surface area contributed by atoms with Crippen LogP contribution in [0.2, 0.25) is 0 Å². The van der Waals surface area contributed by atoms with Crippen LogP contribution in [0.5, 0.6) is 0 Å². The Morgan fingerprint density at radius 1 is 1.05 bits per heavy atom. The van der Waals surface area contributed by atoms with Gasteiger partial charge in [-0.05, 0) is 18.2 Å². The van der Waals surface area contributed by atoms with Crippen LogP contribution in [0.3, 0.4) is 0 Å². The predicted molar refractivity (Wildman–Crippen MR) is 64.4 cm³/mol. The van der Waals surface area contributed by atoms with Gasteiger partial charge in [-0.2, -0.15) is 0 Å². The molecule has 0 unspecified atom stereocenters. The molecule has 1 aromatic carbocycles. The van der Waals surface area contributed by atoms with E-state index in [1.807, 2.05) is 0 Å². The van der Waals surface area contributed by atoms with Gasteiger partial charge in [0.1, 0.15) is 11.5 Å². The van der Waals surface area contributed by atoms with Crippen LogP contribution in [0.25, 0.3) is 0 Å². The second-order valence-corrected chi connectivity index (χ2v) is 4.02. The molecule has 0 fully saturated rings. The fraction of sp³-hybridized carbons (Fsp3) is 0.143. The minimum absolute atomic E-state index is 0.0279. The summed E-state index contributed by atoms with van der Waals surface area (Å²) >= 11 is 0. The van der Waals surface area contributed by atoms with Crippen molar-refractivity contribution in [3.8, 4) is 0 Å². The summed E-state index contributed by atoms with van der Waals surface area (Å²) in [6, 6.07) is 6.02. The minimum Gasteiger partial charge on any atom is -0.370 e. The molecule has 0 bridgehead atoms. The Hall–Kier alpha value is -2.21. The van der Waals surface area contributed by atoms with E-state index in [-0.39, 0.29) is 24.5 Å². The molecular weight excluding hydrogens is 271 g/mol. The lowest BCUT2D eigenvalue weighted by molar-refractivity contribution is 0.101. The fourth-order valence-electron chi connectivity index (χ4n) is 1.58. The number of carbonyl (C=O) groups excluding carboxylic acids is 1. The summed E-state index contributed by atoms with van der Waals surface area (Å²) in [6.07, 6.45) is 0.596. The molecule has 0 aliphatic rings. The van der Waals surface area contributed by atoms with Gasteiger partial charge in [-0.15, -0.1) is 0 Å². The predicted octanol–water partition coefficient (Wildman–Crippen LogP) is 3.03. The Morgan fingerprint density at radius 2 is 1.80 bits per heavy atom. The average Bonchev–Trinajstić information content (AvgIpc) is 2.44. The second-order valence-electron chi connectivity index (χ2n) is 4.02. The third-order valence-electron chi connectivity index (χ3n) is 2.55. The zero-order valence-corrected chi connectivity index (χ0v) is 10.3. The molecule has 0 saturated heterocycles. The van der Waals surface area contributed by atoms with Crippen molar-refractivity contribution in [3.05, 3.63) is 64.7 Å². The smallest absolute Gasteiger partial charge is 0.168 e. The molecule has 6 heteroatoms. The highest BCUT2D eigenvalue weighted by Gasteiger charge is 2.10. The summed E-state index contributed by atoms with van der Waals surface area (Å²) in [5.41, 5.74) is 0.651. The van der Waals surface area contributed by atoms with Gasteiger partial charge in [0.25, 0.3) is 0 Å². The molecule has 1 heterocycles. The Bertz CT molecular complexity index is 632. The molecule has 20 heavy (non-hydrogen) atoms. The monoisotopic (exact) mass is 281 g/mol. The standard InChI is InChI=1S/C14H10F3NO2/c15-12-5-14(17)13(16)4-9(12)7-20-8-11-3-1-2-10(6-19)18-11/h1-6H,7-8H2. The maximum Gasteiger partial charge on any atom is 0.168 e. The average molecular weight is 281 g/mol. The number of aromatic nitrogens is 1. The van der Waals surface area contributed by atoms with Crippen LogP contribution in [0, 0.1) is 17.5 Å². The molecule has 0 aliphatic carbocycles.